The maximum atomic E-state index is 11.6. The van der Waals surface area contributed by atoms with Crippen molar-refractivity contribution < 1.29 is 10.0 Å². The van der Waals surface area contributed by atoms with Gasteiger partial charge in [0, 0.05) is 23.5 Å². The van der Waals surface area contributed by atoms with Crippen molar-refractivity contribution in [1.29, 1.82) is 0 Å². The van der Waals surface area contributed by atoms with E-state index in [1.165, 1.54) is 0 Å². The first-order chi connectivity index (χ1) is 11.5. The Hall–Kier alpha value is -2.11. The molecule has 0 spiro atoms. The number of H-pyrrole nitrogens is 1. The number of nitrogens with one attached hydrogen (secondary N) is 1. The molecule has 3 rings (SSSR count). The van der Waals surface area contributed by atoms with E-state index in [4.69, 9.17) is 11.6 Å². The summed E-state index contributed by atoms with van der Waals surface area (Å²) in [4.78, 5) is 19.2. The molecule has 1 aliphatic heterocycles. The Morgan fingerprint density at radius 1 is 1.42 bits per heavy atom. The van der Waals surface area contributed by atoms with Gasteiger partial charge in [-0.15, -0.1) is 0 Å². The van der Waals surface area contributed by atoms with Gasteiger partial charge in [-0.25, -0.2) is 10.1 Å². The Balaban J connectivity index is 1.96. The topological polar surface area (TPSA) is 68.7 Å². The van der Waals surface area contributed by atoms with Gasteiger partial charge in [0.15, 0.2) is 11.4 Å². The summed E-state index contributed by atoms with van der Waals surface area (Å²) in [7, 11) is 0. The molecule has 5 nitrogen and oxygen atoms in total. The van der Waals surface area contributed by atoms with Gasteiger partial charge in [0.25, 0.3) is 0 Å². The van der Waals surface area contributed by atoms with E-state index >= 15 is 0 Å². The van der Waals surface area contributed by atoms with Crippen LogP contribution in [0.15, 0.2) is 46.3 Å². The van der Waals surface area contributed by atoms with Crippen LogP contribution in [0.3, 0.4) is 0 Å². The van der Waals surface area contributed by atoms with Gasteiger partial charge in [0.1, 0.15) is 6.04 Å². The third kappa shape index (κ3) is 3.09. The van der Waals surface area contributed by atoms with Gasteiger partial charge >= 0.3 is 0 Å². The van der Waals surface area contributed by atoms with E-state index in [2.05, 4.69) is 9.98 Å². The maximum absolute atomic E-state index is 11.6. The lowest BCUT2D eigenvalue weighted by Crippen LogP contribution is -2.43. The predicted molar refractivity (Wildman–Crippen MR) is 95.2 cm³/mol. The van der Waals surface area contributed by atoms with Crippen molar-refractivity contribution in [3.05, 3.63) is 46.9 Å². The minimum absolute atomic E-state index is 0.249. The van der Waals surface area contributed by atoms with Gasteiger partial charge in [-0.1, -0.05) is 43.6 Å². The normalized spacial score (nSPS) is 18.5. The van der Waals surface area contributed by atoms with Crippen LogP contribution in [0.2, 0.25) is 0 Å². The largest absolute Gasteiger partial charge is 0.361 e. The summed E-state index contributed by atoms with van der Waals surface area (Å²) in [5.74, 6) is 0.293. The van der Waals surface area contributed by atoms with Gasteiger partial charge < -0.3 is 9.78 Å². The van der Waals surface area contributed by atoms with E-state index < -0.39 is 6.04 Å². The van der Waals surface area contributed by atoms with Crippen molar-refractivity contribution in [2.45, 2.75) is 32.7 Å². The number of aldehydes is 1. The molecule has 1 atom stereocenters. The van der Waals surface area contributed by atoms with E-state index in [0.29, 0.717) is 36.5 Å². The average molecular weight is 346 g/mol. The van der Waals surface area contributed by atoms with Crippen LogP contribution in [0.1, 0.15) is 25.8 Å². The molecule has 1 aromatic carbocycles. The summed E-state index contributed by atoms with van der Waals surface area (Å²) in [6.45, 7) is 4.04. The highest BCUT2D eigenvalue weighted by Crippen LogP contribution is 2.29. The number of aromatic nitrogens is 1. The molecule has 24 heavy (non-hydrogen) atoms. The molecular formula is C18H20ClN3O2. The Bertz CT molecular complexity index is 823. The van der Waals surface area contributed by atoms with Crippen LogP contribution < -0.4 is 0 Å². The van der Waals surface area contributed by atoms with Gasteiger partial charge in [-0.2, -0.15) is 0 Å². The highest BCUT2D eigenvalue weighted by molar-refractivity contribution is 6.31. The van der Waals surface area contributed by atoms with E-state index in [9.17, 15) is 10.0 Å². The number of rotatable bonds is 5. The highest BCUT2D eigenvalue weighted by Gasteiger charge is 2.31. The lowest BCUT2D eigenvalue weighted by molar-refractivity contribution is -0.125. The number of nitrogens with zero attached hydrogens (tertiary/aromatic N) is 2. The SMILES string of the molecule is CC(C)CC1=C(Cl)N=C(Cc2c[nH]c3ccccc23)C(C=O)N1O. The fourth-order valence-corrected chi connectivity index (χ4v) is 3.25. The number of carbonyl (C=O) groups is 1. The minimum Gasteiger partial charge on any atom is -0.361 e. The van der Waals surface area contributed by atoms with Crippen LogP contribution in [0.25, 0.3) is 10.9 Å². The Kier molecular flexibility index (Phi) is 4.73. The summed E-state index contributed by atoms with van der Waals surface area (Å²) >= 11 is 6.26. The van der Waals surface area contributed by atoms with E-state index in [0.717, 1.165) is 21.5 Å². The van der Waals surface area contributed by atoms with Gasteiger partial charge in [-0.3, -0.25) is 5.21 Å². The first-order valence-corrected chi connectivity index (χ1v) is 8.33. The molecule has 2 N–H and O–H groups in total. The third-order valence-electron chi connectivity index (χ3n) is 4.14. The standard InChI is InChI=1S/C18H20ClN3O2/c1-11(2)7-16-18(19)21-15(17(10-23)22(16)24)8-12-9-20-14-6-4-3-5-13(12)14/h3-6,9-11,17,20,24H,7-8H2,1-2H3. The highest BCUT2D eigenvalue weighted by atomic mass is 35.5. The molecule has 2 heterocycles. The van der Waals surface area contributed by atoms with Crippen LogP contribution >= 0.6 is 11.6 Å². The van der Waals surface area contributed by atoms with Gasteiger partial charge in [-0.05, 0) is 24.0 Å². The lowest BCUT2D eigenvalue weighted by Gasteiger charge is -2.31. The zero-order chi connectivity index (χ0) is 17.3. The molecule has 0 radical (unpaired) electrons. The summed E-state index contributed by atoms with van der Waals surface area (Å²) in [5, 5.41) is 12.7. The minimum atomic E-state index is -0.810. The molecule has 126 valence electrons. The van der Waals surface area contributed by atoms with Crippen LogP contribution in [-0.4, -0.2) is 33.3 Å². The molecular weight excluding hydrogens is 326 g/mol. The molecule has 0 bridgehead atoms. The monoisotopic (exact) mass is 345 g/mol. The second-order valence-electron chi connectivity index (χ2n) is 6.40. The van der Waals surface area contributed by atoms with Crippen LogP contribution in [-0.2, 0) is 11.2 Å². The number of para-hydroxylation sites is 1. The predicted octanol–water partition coefficient (Wildman–Crippen LogP) is 3.88. The Morgan fingerprint density at radius 2 is 2.17 bits per heavy atom. The zero-order valence-electron chi connectivity index (χ0n) is 13.7. The molecule has 0 amide bonds. The lowest BCUT2D eigenvalue weighted by atomic mass is 9.99. The molecule has 1 aromatic heterocycles. The molecule has 6 heteroatoms. The second kappa shape index (κ2) is 6.79. The molecule has 1 aliphatic rings. The average Bonchev–Trinajstić information content (AvgIpc) is 2.95. The van der Waals surface area contributed by atoms with Crippen molar-refractivity contribution in [2.24, 2.45) is 10.9 Å². The number of aromatic amines is 1. The number of hydrogen-bond donors (Lipinski definition) is 2. The number of hydrogen-bond acceptors (Lipinski definition) is 4. The number of halogens is 1. The van der Waals surface area contributed by atoms with Crippen molar-refractivity contribution in [2.75, 3.05) is 0 Å². The Labute approximate surface area is 145 Å². The number of carbonyl (C=O) groups excluding carboxylic acids is 1. The molecule has 2 aromatic rings. The Morgan fingerprint density at radius 3 is 2.88 bits per heavy atom. The van der Waals surface area contributed by atoms with Crippen molar-refractivity contribution >= 4 is 34.5 Å². The number of aliphatic imine (C=N–C) groups is 1. The first kappa shape index (κ1) is 16.7. The second-order valence-corrected chi connectivity index (χ2v) is 6.76. The molecule has 0 saturated carbocycles. The molecule has 0 saturated heterocycles. The van der Waals surface area contributed by atoms with E-state index in [1.54, 1.807) is 0 Å². The van der Waals surface area contributed by atoms with E-state index in [-0.39, 0.29) is 5.16 Å². The summed E-state index contributed by atoms with van der Waals surface area (Å²) in [5.41, 5.74) is 3.07. The fourth-order valence-electron chi connectivity index (χ4n) is 2.98. The molecule has 0 aliphatic carbocycles. The van der Waals surface area contributed by atoms with Crippen molar-refractivity contribution in [3.8, 4) is 0 Å². The smallest absolute Gasteiger partial charge is 0.150 e. The number of allylic oxidation sites excluding steroid dienone is 1. The number of hydroxylamine groups is 2. The molecule has 1 unspecified atom stereocenters. The maximum Gasteiger partial charge on any atom is 0.150 e. The molecule has 0 fully saturated rings. The number of benzene rings is 1. The zero-order valence-corrected chi connectivity index (χ0v) is 14.4. The van der Waals surface area contributed by atoms with Crippen molar-refractivity contribution in [1.82, 2.24) is 10.0 Å². The summed E-state index contributed by atoms with van der Waals surface area (Å²) < 4.78 is 0. The third-order valence-corrected chi connectivity index (χ3v) is 4.44. The summed E-state index contributed by atoms with van der Waals surface area (Å²) in [6, 6.07) is 7.12. The summed E-state index contributed by atoms with van der Waals surface area (Å²) in [6.07, 6.45) is 3.61. The van der Waals surface area contributed by atoms with Crippen LogP contribution in [0.4, 0.5) is 0 Å². The number of fused-ring (bicyclic) bond motifs is 1. The van der Waals surface area contributed by atoms with Gasteiger partial charge in [0.05, 0.1) is 11.4 Å². The van der Waals surface area contributed by atoms with Crippen LogP contribution in [0, 0.1) is 5.92 Å². The quantitative estimate of drug-likeness (QED) is 0.638. The fraction of sp³-hybridized carbons (Fsp3) is 0.333. The first-order valence-electron chi connectivity index (χ1n) is 7.95. The van der Waals surface area contributed by atoms with Crippen molar-refractivity contribution in [3.63, 3.8) is 0 Å². The van der Waals surface area contributed by atoms with E-state index in [1.807, 2.05) is 44.3 Å². The van der Waals surface area contributed by atoms with Gasteiger partial charge in [0.2, 0.25) is 0 Å². The van der Waals surface area contributed by atoms with Crippen LogP contribution in [0.5, 0.6) is 0 Å².